The lowest BCUT2D eigenvalue weighted by Gasteiger charge is -2.41. The first-order valence-corrected chi connectivity index (χ1v) is 14.6. The van der Waals surface area contributed by atoms with E-state index in [4.69, 9.17) is 9.72 Å². The van der Waals surface area contributed by atoms with Crippen LogP contribution in [0.3, 0.4) is 0 Å². The molecule has 0 saturated carbocycles. The van der Waals surface area contributed by atoms with E-state index >= 15 is 0 Å². The molecule has 1 aliphatic rings. The number of aliphatic hydroxyl groups excluding tert-OH is 1. The molecule has 0 aliphatic carbocycles. The molecule has 4 rings (SSSR count). The zero-order valence-corrected chi connectivity index (χ0v) is 25.8. The van der Waals surface area contributed by atoms with Gasteiger partial charge in [-0.2, -0.15) is 0 Å². The summed E-state index contributed by atoms with van der Waals surface area (Å²) in [7, 11) is 0. The van der Waals surface area contributed by atoms with E-state index in [0.29, 0.717) is 31.9 Å². The van der Waals surface area contributed by atoms with E-state index in [1.165, 1.54) is 0 Å². The van der Waals surface area contributed by atoms with Gasteiger partial charge in [-0.15, -0.1) is 0 Å². The van der Waals surface area contributed by atoms with Crippen LogP contribution in [0.25, 0.3) is 11.3 Å². The summed E-state index contributed by atoms with van der Waals surface area (Å²) < 4.78 is 36.5. The minimum absolute atomic E-state index is 0.0181. The third-order valence-electron chi connectivity index (χ3n) is 7.43. The van der Waals surface area contributed by atoms with Crippen LogP contribution in [0.4, 0.5) is 13.6 Å². The molecule has 232 valence electrons. The molecule has 3 aromatic rings. The summed E-state index contributed by atoms with van der Waals surface area (Å²) >= 11 is 0. The van der Waals surface area contributed by atoms with Crippen molar-refractivity contribution < 1.29 is 28.2 Å². The molecule has 1 saturated heterocycles. The minimum Gasteiger partial charge on any atom is -0.444 e. The van der Waals surface area contributed by atoms with Gasteiger partial charge in [0.05, 0.1) is 11.7 Å². The van der Waals surface area contributed by atoms with Crippen LogP contribution in [0, 0.1) is 23.0 Å². The number of hydrogen-bond donors (Lipinski definition) is 1. The van der Waals surface area contributed by atoms with Crippen molar-refractivity contribution in [3.05, 3.63) is 77.8 Å². The zero-order valence-electron chi connectivity index (χ0n) is 25.8. The number of amides is 2. The van der Waals surface area contributed by atoms with E-state index in [0.717, 1.165) is 23.8 Å². The van der Waals surface area contributed by atoms with Crippen molar-refractivity contribution in [2.75, 3.05) is 26.2 Å². The van der Waals surface area contributed by atoms with E-state index in [1.54, 1.807) is 16.0 Å². The predicted molar refractivity (Wildman–Crippen MR) is 160 cm³/mol. The number of hydrogen-bond acceptors (Lipinski definition) is 5. The molecule has 2 heterocycles. The fraction of sp³-hybridized carbons (Fsp3) is 0.485. The van der Waals surface area contributed by atoms with Gasteiger partial charge >= 0.3 is 6.09 Å². The van der Waals surface area contributed by atoms with Gasteiger partial charge in [0.2, 0.25) is 5.91 Å². The first kappa shape index (κ1) is 32.1. The maximum atomic E-state index is 14.9. The van der Waals surface area contributed by atoms with Crippen LogP contribution in [0.15, 0.2) is 54.7 Å². The molecule has 2 atom stereocenters. The van der Waals surface area contributed by atoms with Crippen molar-refractivity contribution in [1.29, 1.82) is 0 Å². The molecule has 10 heteroatoms. The number of rotatable bonds is 8. The molecule has 2 amide bonds. The second-order valence-electron chi connectivity index (χ2n) is 13.3. The van der Waals surface area contributed by atoms with Crippen LogP contribution < -0.4 is 0 Å². The number of benzene rings is 2. The molecule has 1 aliphatic heterocycles. The molecule has 0 radical (unpaired) electrons. The van der Waals surface area contributed by atoms with Crippen LogP contribution >= 0.6 is 0 Å². The monoisotopic (exact) mass is 596 g/mol. The van der Waals surface area contributed by atoms with E-state index in [1.807, 2.05) is 76.4 Å². The largest absolute Gasteiger partial charge is 0.444 e. The Labute approximate surface area is 252 Å². The Morgan fingerprint density at radius 3 is 2.42 bits per heavy atom. The van der Waals surface area contributed by atoms with Gasteiger partial charge in [0.15, 0.2) is 0 Å². The Morgan fingerprint density at radius 1 is 1.09 bits per heavy atom. The van der Waals surface area contributed by atoms with Crippen molar-refractivity contribution in [2.45, 2.75) is 66.2 Å². The maximum absolute atomic E-state index is 14.9. The molecule has 1 aromatic heterocycles. The molecule has 8 nitrogen and oxygen atoms in total. The average Bonchev–Trinajstić information content (AvgIpc) is 3.56. The van der Waals surface area contributed by atoms with Gasteiger partial charge < -0.3 is 24.2 Å². The summed E-state index contributed by atoms with van der Waals surface area (Å²) in [4.78, 5) is 34.3. The Morgan fingerprint density at radius 2 is 1.79 bits per heavy atom. The fourth-order valence-electron chi connectivity index (χ4n) is 5.57. The topological polar surface area (TPSA) is 87.9 Å². The normalized spacial score (nSPS) is 16.3. The molecular formula is C33H42F2N4O4. The highest BCUT2D eigenvalue weighted by molar-refractivity contribution is 5.78. The Bertz CT molecular complexity index is 1430. The van der Waals surface area contributed by atoms with Crippen molar-refractivity contribution >= 4 is 12.0 Å². The van der Waals surface area contributed by atoms with Crippen LogP contribution in [0.2, 0.25) is 0 Å². The number of aromatic nitrogens is 2. The van der Waals surface area contributed by atoms with Crippen molar-refractivity contribution in [1.82, 2.24) is 19.4 Å². The minimum atomic E-state index is -0.708. The van der Waals surface area contributed by atoms with Gasteiger partial charge in [-0.3, -0.25) is 4.79 Å². The number of halogens is 2. The third kappa shape index (κ3) is 7.98. The van der Waals surface area contributed by atoms with Crippen molar-refractivity contribution in [3.63, 3.8) is 0 Å². The van der Waals surface area contributed by atoms with E-state index in [2.05, 4.69) is 0 Å². The average molecular weight is 597 g/mol. The van der Waals surface area contributed by atoms with Crippen molar-refractivity contribution in [2.24, 2.45) is 11.3 Å². The molecule has 0 bridgehead atoms. The number of ether oxygens (including phenoxy) is 1. The highest BCUT2D eigenvalue weighted by atomic mass is 19.1. The summed E-state index contributed by atoms with van der Waals surface area (Å²) in [6, 6.07) is 12.3. The quantitative estimate of drug-likeness (QED) is 0.343. The lowest BCUT2D eigenvalue weighted by atomic mass is 9.84. The summed E-state index contributed by atoms with van der Waals surface area (Å²) in [6.07, 6.45) is 1.94. The number of imidazole rings is 1. The smallest absolute Gasteiger partial charge is 0.410 e. The third-order valence-corrected chi connectivity index (χ3v) is 7.43. The SMILES string of the molecule is CC(C)(C)OC(=O)N1CCC(CN(C(=O)CO)[C@@H](c2nc(-c3cc(F)ccc3F)cn2Cc2ccccc2)C(C)(C)C)C1. The Balaban J connectivity index is 1.75. The fourth-order valence-corrected chi connectivity index (χ4v) is 5.57. The number of carbonyl (C=O) groups excluding carboxylic acids is 2. The highest BCUT2D eigenvalue weighted by Crippen LogP contribution is 2.40. The number of aliphatic hydroxyl groups is 1. The van der Waals surface area contributed by atoms with Gasteiger partial charge in [0.25, 0.3) is 0 Å². The molecule has 1 fully saturated rings. The molecule has 2 aromatic carbocycles. The second kappa shape index (κ2) is 12.8. The zero-order chi connectivity index (χ0) is 31.5. The highest BCUT2D eigenvalue weighted by Gasteiger charge is 2.41. The first-order chi connectivity index (χ1) is 20.2. The van der Waals surface area contributed by atoms with Gasteiger partial charge in [-0.05, 0) is 62.3 Å². The van der Waals surface area contributed by atoms with Crippen LogP contribution in [0.5, 0.6) is 0 Å². The summed E-state index contributed by atoms with van der Waals surface area (Å²) in [5.74, 6) is -1.26. The molecule has 0 spiro atoms. The number of nitrogens with zero attached hydrogens (tertiary/aromatic N) is 4. The predicted octanol–water partition coefficient (Wildman–Crippen LogP) is 6.04. The molecule has 1 N–H and O–H groups in total. The first-order valence-electron chi connectivity index (χ1n) is 14.6. The van der Waals surface area contributed by atoms with Gasteiger partial charge in [-0.1, -0.05) is 51.1 Å². The van der Waals surface area contributed by atoms with Crippen LogP contribution in [-0.4, -0.2) is 68.3 Å². The maximum Gasteiger partial charge on any atom is 0.410 e. The Kier molecular flexibility index (Phi) is 9.59. The van der Waals surface area contributed by atoms with Crippen molar-refractivity contribution in [3.8, 4) is 11.3 Å². The van der Waals surface area contributed by atoms with Gasteiger partial charge in [0.1, 0.15) is 29.7 Å². The summed E-state index contributed by atoms with van der Waals surface area (Å²) in [6.45, 7) is 12.2. The van der Waals surface area contributed by atoms with Gasteiger partial charge in [-0.25, -0.2) is 18.6 Å². The van der Waals surface area contributed by atoms with Crippen LogP contribution in [0.1, 0.15) is 65.4 Å². The standard InChI is InChI=1S/C33H42F2N4O4/c1-32(2,3)29(39(28(41)21-40)19-23-14-15-37(18-23)31(42)43-33(4,5)6)30-36-27(25-16-24(34)12-13-26(25)35)20-38(30)17-22-10-8-7-9-11-22/h7-13,16,20,23,29,40H,14-15,17-19,21H2,1-6H3/t23?,29-/m0/s1. The lowest BCUT2D eigenvalue weighted by Crippen LogP contribution is -2.46. The second-order valence-corrected chi connectivity index (χ2v) is 13.3. The summed E-state index contributed by atoms with van der Waals surface area (Å²) in [5, 5.41) is 10.1. The summed E-state index contributed by atoms with van der Waals surface area (Å²) in [5.41, 5.74) is 0.0188. The van der Waals surface area contributed by atoms with Crippen LogP contribution in [-0.2, 0) is 16.1 Å². The molecule has 1 unspecified atom stereocenters. The lowest BCUT2D eigenvalue weighted by molar-refractivity contribution is -0.140. The Hall–Kier alpha value is -3.79. The molecule has 43 heavy (non-hydrogen) atoms. The van der Waals surface area contributed by atoms with Gasteiger partial charge in [0, 0.05) is 37.9 Å². The number of likely N-dealkylation sites (tertiary alicyclic amines) is 1. The number of carbonyl (C=O) groups is 2. The van der Waals surface area contributed by atoms with E-state index in [9.17, 15) is 23.5 Å². The van der Waals surface area contributed by atoms with E-state index < -0.39 is 47.3 Å². The molecular weight excluding hydrogens is 554 g/mol. The van der Waals surface area contributed by atoms with E-state index in [-0.39, 0.29) is 23.7 Å².